The highest BCUT2D eigenvalue weighted by atomic mass is 15.3. The Morgan fingerprint density at radius 3 is 2.60 bits per heavy atom. The zero-order valence-corrected chi connectivity index (χ0v) is 16.1. The maximum atomic E-state index is 4.68. The highest BCUT2D eigenvalue weighted by Crippen LogP contribution is 2.20. The van der Waals surface area contributed by atoms with E-state index in [1.807, 2.05) is 16.8 Å². The summed E-state index contributed by atoms with van der Waals surface area (Å²) in [6, 6.07) is 4.12. The van der Waals surface area contributed by atoms with Crippen molar-refractivity contribution in [3.8, 4) is 0 Å². The van der Waals surface area contributed by atoms with E-state index in [9.17, 15) is 0 Å². The van der Waals surface area contributed by atoms with Crippen LogP contribution in [0, 0.1) is 0 Å². The summed E-state index contributed by atoms with van der Waals surface area (Å²) in [4.78, 5) is 9.80. The van der Waals surface area contributed by atoms with Crippen LogP contribution < -0.4 is 5.32 Å². The molecule has 0 unspecified atom stereocenters. The molecule has 0 aromatic carbocycles. The van der Waals surface area contributed by atoms with Crippen LogP contribution in [0.5, 0.6) is 0 Å². The molecule has 1 fully saturated rings. The van der Waals surface area contributed by atoms with Crippen molar-refractivity contribution in [1.82, 2.24) is 24.4 Å². The molecule has 3 heterocycles. The zero-order valence-electron chi connectivity index (χ0n) is 16.1. The molecule has 1 saturated heterocycles. The van der Waals surface area contributed by atoms with Crippen molar-refractivity contribution in [3.05, 3.63) is 24.0 Å². The van der Waals surface area contributed by atoms with E-state index in [0.717, 1.165) is 56.2 Å². The van der Waals surface area contributed by atoms with Gasteiger partial charge in [-0.1, -0.05) is 20.3 Å². The van der Waals surface area contributed by atoms with E-state index in [1.165, 1.54) is 13.1 Å². The summed E-state index contributed by atoms with van der Waals surface area (Å²) in [6.07, 6.45) is 3.92. The molecule has 0 saturated carbocycles. The Morgan fingerprint density at radius 1 is 1.16 bits per heavy atom. The first-order valence-electron chi connectivity index (χ1n) is 9.58. The van der Waals surface area contributed by atoms with Gasteiger partial charge in [0.25, 0.3) is 0 Å². The summed E-state index contributed by atoms with van der Waals surface area (Å²) < 4.78 is 1.91. The summed E-state index contributed by atoms with van der Waals surface area (Å²) in [7, 11) is 0. The molecular formula is C19H32N6. The second-order valence-electron chi connectivity index (χ2n) is 7.57. The van der Waals surface area contributed by atoms with Crippen LogP contribution >= 0.6 is 0 Å². The van der Waals surface area contributed by atoms with E-state index >= 15 is 0 Å². The van der Waals surface area contributed by atoms with Crippen LogP contribution in [0.3, 0.4) is 0 Å². The highest BCUT2D eigenvalue weighted by Gasteiger charge is 2.29. The SMILES string of the molecule is CCCc1cc(NCC(C)(C)N2CCN(CC)CC2)n2nccc2n1. The molecule has 0 aliphatic carbocycles. The minimum atomic E-state index is 0.105. The van der Waals surface area contributed by atoms with Gasteiger partial charge in [0, 0.05) is 56.1 Å². The number of anilines is 1. The summed E-state index contributed by atoms with van der Waals surface area (Å²) in [5.41, 5.74) is 2.16. The van der Waals surface area contributed by atoms with Crippen LogP contribution in [0.4, 0.5) is 5.82 Å². The molecule has 1 N–H and O–H groups in total. The smallest absolute Gasteiger partial charge is 0.157 e. The number of aromatic nitrogens is 3. The van der Waals surface area contributed by atoms with Gasteiger partial charge < -0.3 is 10.2 Å². The minimum absolute atomic E-state index is 0.105. The number of likely N-dealkylation sites (N-methyl/N-ethyl adjacent to an activating group) is 1. The van der Waals surface area contributed by atoms with Gasteiger partial charge in [0.05, 0.1) is 6.20 Å². The third-order valence-corrected chi connectivity index (χ3v) is 5.30. The lowest BCUT2D eigenvalue weighted by Crippen LogP contribution is -2.57. The predicted octanol–water partition coefficient (Wildman–Crippen LogP) is 2.51. The molecule has 1 aliphatic heterocycles. The van der Waals surface area contributed by atoms with Crippen LogP contribution in [0.1, 0.15) is 39.8 Å². The average molecular weight is 345 g/mol. The molecule has 0 amide bonds. The first kappa shape index (κ1) is 18.1. The van der Waals surface area contributed by atoms with Gasteiger partial charge >= 0.3 is 0 Å². The number of aryl methyl sites for hydroxylation is 1. The number of nitrogens with one attached hydrogen (secondary N) is 1. The van der Waals surface area contributed by atoms with Gasteiger partial charge in [0.2, 0.25) is 0 Å². The largest absolute Gasteiger partial charge is 0.368 e. The third kappa shape index (κ3) is 4.12. The van der Waals surface area contributed by atoms with E-state index < -0.39 is 0 Å². The molecule has 3 rings (SSSR count). The molecule has 0 atom stereocenters. The molecule has 25 heavy (non-hydrogen) atoms. The second-order valence-corrected chi connectivity index (χ2v) is 7.57. The molecule has 0 radical (unpaired) electrons. The Balaban J connectivity index is 1.70. The first-order valence-corrected chi connectivity index (χ1v) is 9.58. The molecule has 2 aromatic rings. The number of fused-ring (bicyclic) bond motifs is 1. The molecule has 6 heteroatoms. The topological polar surface area (TPSA) is 48.7 Å². The number of rotatable bonds is 7. The maximum Gasteiger partial charge on any atom is 0.157 e. The fourth-order valence-electron chi connectivity index (χ4n) is 3.56. The minimum Gasteiger partial charge on any atom is -0.368 e. The van der Waals surface area contributed by atoms with Crippen LogP contribution in [0.2, 0.25) is 0 Å². The van der Waals surface area contributed by atoms with Crippen LogP contribution in [-0.2, 0) is 6.42 Å². The van der Waals surface area contributed by atoms with Crippen LogP contribution in [0.15, 0.2) is 18.3 Å². The predicted molar refractivity (Wildman–Crippen MR) is 103 cm³/mol. The molecule has 0 spiro atoms. The Morgan fingerprint density at radius 2 is 1.92 bits per heavy atom. The lowest BCUT2D eigenvalue weighted by Gasteiger charge is -2.44. The summed E-state index contributed by atoms with van der Waals surface area (Å²) >= 11 is 0. The normalized spacial score (nSPS) is 17.3. The van der Waals surface area contributed by atoms with Crippen LogP contribution in [0.25, 0.3) is 5.65 Å². The monoisotopic (exact) mass is 344 g/mol. The Labute approximate surface area is 151 Å². The second kappa shape index (κ2) is 7.70. The van der Waals surface area contributed by atoms with Crippen molar-refractivity contribution < 1.29 is 0 Å². The van der Waals surface area contributed by atoms with E-state index in [2.05, 4.69) is 59.0 Å². The molecule has 138 valence electrons. The van der Waals surface area contributed by atoms with E-state index in [0.29, 0.717) is 0 Å². The van der Waals surface area contributed by atoms with Gasteiger partial charge in [0.15, 0.2) is 5.65 Å². The van der Waals surface area contributed by atoms with Gasteiger partial charge in [0.1, 0.15) is 5.82 Å². The highest BCUT2D eigenvalue weighted by molar-refractivity contribution is 5.49. The number of nitrogens with zero attached hydrogens (tertiary/aromatic N) is 5. The van der Waals surface area contributed by atoms with Gasteiger partial charge in [-0.2, -0.15) is 9.61 Å². The van der Waals surface area contributed by atoms with E-state index in [4.69, 9.17) is 0 Å². The van der Waals surface area contributed by atoms with Gasteiger partial charge in [-0.15, -0.1) is 0 Å². The van der Waals surface area contributed by atoms with Crippen molar-refractivity contribution in [2.24, 2.45) is 0 Å². The molecule has 6 nitrogen and oxygen atoms in total. The fraction of sp³-hybridized carbons (Fsp3) is 0.684. The van der Waals surface area contributed by atoms with E-state index in [1.54, 1.807) is 0 Å². The quantitative estimate of drug-likeness (QED) is 0.836. The summed E-state index contributed by atoms with van der Waals surface area (Å²) in [5.74, 6) is 1.04. The first-order chi connectivity index (χ1) is 12.0. The molecular weight excluding hydrogens is 312 g/mol. The van der Waals surface area contributed by atoms with Crippen molar-refractivity contribution in [1.29, 1.82) is 0 Å². The number of hydrogen-bond acceptors (Lipinski definition) is 5. The lowest BCUT2D eigenvalue weighted by atomic mass is 10.0. The van der Waals surface area contributed by atoms with E-state index in [-0.39, 0.29) is 5.54 Å². The van der Waals surface area contributed by atoms with Gasteiger partial charge in [-0.25, -0.2) is 4.98 Å². The number of hydrogen-bond donors (Lipinski definition) is 1. The van der Waals surface area contributed by atoms with Crippen LogP contribution in [-0.4, -0.2) is 69.2 Å². The Kier molecular flexibility index (Phi) is 5.59. The Bertz CT molecular complexity index is 684. The molecule has 2 aromatic heterocycles. The lowest BCUT2D eigenvalue weighted by molar-refractivity contribution is 0.0614. The van der Waals surface area contributed by atoms with Crippen molar-refractivity contribution in [2.75, 3.05) is 44.6 Å². The fourth-order valence-corrected chi connectivity index (χ4v) is 3.56. The maximum absolute atomic E-state index is 4.68. The van der Waals surface area contributed by atoms with Crippen molar-refractivity contribution in [3.63, 3.8) is 0 Å². The third-order valence-electron chi connectivity index (χ3n) is 5.30. The number of piperazine rings is 1. The average Bonchev–Trinajstić information content (AvgIpc) is 3.09. The summed E-state index contributed by atoms with van der Waals surface area (Å²) in [5, 5.41) is 8.07. The van der Waals surface area contributed by atoms with Crippen molar-refractivity contribution >= 4 is 11.5 Å². The van der Waals surface area contributed by atoms with Gasteiger partial charge in [-0.05, 0) is 26.8 Å². The zero-order chi connectivity index (χ0) is 17.9. The standard InChI is InChI=1S/C19H32N6/c1-5-7-16-14-18(25-17(22-16)8-9-21-25)20-15-19(3,4)24-12-10-23(6-2)11-13-24/h8-9,14,20H,5-7,10-13,15H2,1-4H3. The Hall–Kier alpha value is -1.66. The van der Waals surface area contributed by atoms with Crippen molar-refractivity contribution in [2.45, 2.75) is 46.1 Å². The summed E-state index contributed by atoms with van der Waals surface area (Å²) in [6.45, 7) is 15.7. The molecule has 0 bridgehead atoms. The molecule has 1 aliphatic rings. The van der Waals surface area contributed by atoms with Gasteiger partial charge in [-0.3, -0.25) is 4.90 Å².